The van der Waals surface area contributed by atoms with Crippen LogP contribution < -0.4 is 10.6 Å². The van der Waals surface area contributed by atoms with E-state index in [1.807, 2.05) is 6.07 Å². The molecule has 0 bridgehead atoms. The lowest BCUT2D eigenvalue weighted by Crippen LogP contribution is -2.27. The SMILES string of the molecule is C[C@H](NC(=O)c1ccc(CSc2c(Cl)ccc3c2CCNCC3)cc1F)c1ccc(F)cc1. The van der Waals surface area contributed by atoms with Gasteiger partial charge in [-0.2, -0.15) is 0 Å². The zero-order valence-electron chi connectivity index (χ0n) is 18.3. The van der Waals surface area contributed by atoms with Crippen LogP contribution in [0.1, 0.15) is 45.6 Å². The first-order chi connectivity index (χ1) is 15.9. The highest BCUT2D eigenvalue weighted by Crippen LogP contribution is 2.36. The Labute approximate surface area is 201 Å². The lowest BCUT2D eigenvalue weighted by molar-refractivity contribution is 0.0936. The summed E-state index contributed by atoms with van der Waals surface area (Å²) in [7, 11) is 0. The number of carbonyl (C=O) groups is 1. The van der Waals surface area contributed by atoms with Crippen molar-refractivity contribution in [3.63, 3.8) is 0 Å². The fraction of sp³-hybridized carbons (Fsp3) is 0.269. The van der Waals surface area contributed by atoms with E-state index in [1.54, 1.807) is 36.9 Å². The molecule has 1 amide bonds. The molecule has 0 aliphatic carbocycles. The molecule has 7 heteroatoms. The van der Waals surface area contributed by atoms with E-state index in [1.165, 1.54) is 35.4 Å². The third kappa shape index (κ3) is 5.75. The van der Waals surface area contributed by atoms with Gasteiger partial charge in [0, 0.05) is 10.6 Å². The standard InChI is InChI=1S/C26H25ClF2N2OS/c1-16(18-3-6-20(28)7-4-18)31-26(32)22-8-2-17(14-24(22)29)15-33-25-21-11-13-30-12-10-19(21)5-9-23(25)27/h2-9,14,16,30H,10-13,15H2,1H3,(H,31,32)/t16-/m0/s1. The number of thioether (sulfide) groups is 1. The van der Waals surface area contributed by atoms with Crippen LogP contribution in [-0.2, 0) is 18.6 Å². The van der Waals surface area contributed by atoms with Crippen LogP contribution in [0.15, 0.2) is 59.5 Å². The van der Waals surface area contributed by atoms with Gasteiger partial charge in [-0.15, -0.1) is 11.8 Å². The molecule has 0 spiro atoms. The minimum atomic E-state index is -0.570. The normalized spacial score (nSPS) is 14.3. The van der Waals surface area contributed by atoms with Gasteiger partial charge in [-0.1, -0.05) is 35.9 Å². The number of fused-ring (bicyclic) bond motifs is 1. The predicted octanol–water partition coefficient (Wildman–Crippen LogP) is 6.09. The molecule has 0 aromatic heterocycles. The Morgan fingerprint density at radius 1 is 1.09 bits per heavy atom. The summed E-state index contributed by atoms with van der Waals surface area (Å²) >= 11 is 8.10. The molecular formula is C26H25ClF2N2OS. The maximum Gasteiger partial charge on any atom is 0.254 e. The second kappa shape index (κ2) is 10.7. The Morgan fingerprint density at radius 2 is 1.85 bits per heavy atom. The van der Waals surface area contributed by atoms with Gasteiger partial charge >= 0.3 is 0 Å². The molecule has 0 radical (unpaired) electrons. The molecule has 0 saturated heterocycles. The number of hydrogen-bond acceptors (Lipinski definition) is 3. The number of rotatable bonds is 6. The van der Waals surface area contributed by atoms with Crippen LogP contribution in [0.2, 0.25) is 5.02 Å². The predicted molar refractivity (Wildman–Crippen MR) is 130 cm³/mol. The molecule has 1 aliphatic rings. The number of hydrogen-bond donors (Lipinski definition) is 2. The van der Waals surface area contributed by atoms with E-state index < -0.39 is 11.7 Å². The first kappa shape index (κ1) is 23.7. The largest absolute Gasteiger partial charge is 0.345 e. The molecule has 1 atom stereocenters. The van der Waals surface area contributed by atoms with Crippen molar-refractivity contribution in [2.45, 2.75) is 36.5 Å². The molecule has 3 aromatic rings. The molecule has 3 aromatic carbocycles. The molecule has 172 valence electrons. The smallest absolute Gasteiger partial charge is 0.254 e. The van der Waals surface area contributed by atoms with Gasteiger partial charge in [-0.05, 0) is 85.4 Å². The quantitative estimate of drug-likeness (QED) is 0.414. The van der Waals surface area contributed by atoms with Crippen molar-refractivity contribution < 1.29 is 13.6 Å². The highest BCUT2D eigenvalue weighted by atomic mass is 35.5. The van der Waals surface area contributed by atoms with Crippen LogP contribution in [0.4, 0.5) is 8.78 Å². The Kier molecular flexibility index (Phi) is 7.68. The lowest BCUT2D eigenvalue weighted by atomic mass is 10.0. The van der Waals surface area contributed by atoms with E-state index in [0.717, 1.165) is 42.0 Å². The van der Waals surface area contributed by atoms with Crippen molar-refractivity contribution in [3.05, 3.63) is 99.1 Å². The maximum absolute atomic E-state index is 14.8. The van der Waals surface area contributed by atoms with Gasteiger partial charge in [0.05, 0.1) is 16.6 Å². The van der Waals surface area contributed by atoms with Gasteiger partial charge in [-0.25, -0.2) is 8.78 Å². The van der Waals surface area contributed by atoms with Crippen molar-refractivity contribution in [2.75, 3.05) is 13.1 Å². The zero-order chi connectivity index (χ0) is 23.4. The van der Waals surface area contributed by atoms with Crippen molar-refractivity contribution in [2.24, 2.45) is 0 Å². The third-order valence-corrected chi connectivity index (χ3v) is 7.47. The molecule has 0 fully saturated rings. The summed E-state index contributed by atoms with van der Waals surface area (Å²) < 4.78 is 27.9. The molecule has 2 N–H and O–H groups in total. The molecule has 0 saturated carbocycles. The number of carbonyl (C=O) groups excluding carboxylic acids is 1. The Bertz CT molecular complexity index is 1150. The highest BCUT2D eigenvalue weighted by Gasteiger charge is 2.18. The van der Waals surface area contributed by atoms with Crippen molar-refractivity contribution >= 4 is 29.3 Å². The van der Waals surface area contributed by atoms with Gasteiger partial charge in [-0.3, -0.25) is 4.79 Å². The topological polar surface area (TPSA) is 41.1 Å². The molecule has 33 heavy (non-hydrogen) atoms. The number of amides is 1. The summed E-state index contributed by atoms with van der Waals surface area (Å²) in [6.45, 7) is 3.64. The summed E-state index contributed by atoms with van der Waals surface area (Å²) in [5.74, 6) is -0.873. The minimum Gasteiger partial charge on any atom is -0.345 e. The first-order valence-corrected chi connectivity index (χ1v) is 12.3. The Hall–Kier alpha value is -2.41. The third-order valence-electron chi connectivity index (χ3n) is 5.81. The molecular weight excluding hydrogens is 462 g/mol. The van der Waals surface area contributed by atoms with E-state index in [2.05, 4.69) is 16.7 Å². The fourth-order valence-electron chi connectivity index (χ4n) is 3.96. The number of halogens is 3. The zero-order valence-corrected chi connectivity index (χ0v) is 19.8. The number of benzene rings is 3. The summed E-state index contributed by atoms with van der Waals surface area (Å²) in [6.07, 6.45) is 1.88. The van der Waals surface area contributed by atoms with Crippen molar-refractivity contribution in [3.8, 4) is 0 Å². The van der Waals surface area contributed by atoms with Crippen LogP contribution in [0.3, 0.4) is 0 Å². The second-order valence-electron chi connectivity index (χ2n) is 8.11. The van der Waals surface area contributed by atoms with Crippen LogP contribution in [0.25, 0.3) is 0 Å². The van der Waals surface area contributed by atoms with Gasteiger partial charge in [0.25, 0.3) is 5.91 Å². The molecule has 4 rings (SSSR count). The minimum absolute atomic E-state index is 0.0182. The van der Waals surface area contributed by atoms with E-state index >= 15 is 0 Å². The number of nitrogens with one attached hydrogen (secondary N) is 2. The van der Waals surface area contributed by atoms with Crippen molar-refractivity contribution in [1.29, 1.82) is 0 Å². The summed E-state index contributed by atoms with van der Waals surface area (Å²) in [5, 5.41) is 6.89. The maximum atomic E-state index is 14.8. The average molecular weight is 487 g/mol. The Morgan fingerprint density at radius 3 is 2.61 bits per heavy atom. The van der Waals surface area contributed by atoms with Crippen LogP contribution in [-0.4, -0.2) is 19.0 Å². The van der Waals surface area contributed by atoms with Crippen molar-refractivity contribution in [1.82, 2.24) is 10.6 Å². The van der Waals surface area contributed by atoms with Crippen LogP contribution in [0, 0.1) is 11.6 Å². The van der Waals surface area contributed by atoms with Gasteiger partial charge in [0.15, 0.2) is 0 Å². The lowest BCUT2D eigenvalue weighted by Gasteiger charge is -2.16. The van der Waals surface area contributed by atoms with Crippen LogP contribution >= 0.6 is 23.4 Å². The second-order valence-corrected chi connectivity index (χ2v) is 9.51. The molecule has 1 aliphatic heterocycles. The van der Waals surface area contributed by atoms with E-state index in [-0.39, 0.29) is 17.4 Å². The van der Waals surface area contributed by atoms with Gasteiger partial charge in [0.2, 0.25) is 0 Å². The molecule has 3 nitrogen and oxygen atoms in total. The fourth-order valence-corrected chi connectivity index (χ4v) is 5.41. The van der Waals surface area contributed by atoms with E-state index in [0.29, 0.717) is 10.8 Å². The highest BCUT2D eigenvalue weighted by molar-refractivity contribution is 7.98. The summed E-state index contributed by atoms with van der Waals surface area (Å²) in [6, 6.07) is 14.2. The van der Waals surface area contributed by atoms with E-state index in [4.69, 9.17) is 11.6 Å². The molecule has 0 unspecified atom stereocenters. The van der Waals surface area contributed by atoms with Crippen LogP contribution in [0.5, 0.6) is 0 Å². The monoisotopic (exact) mass is 486 g/mol. The first-order valence-electron chi connectivity index (χ1n) is 10.9. The summed E-state index contributed by atoms with van der Waals surface area (Å²) in [5.41, 5.74) is 4.08. The summed E-state index contributed by atoms with van der Waals surface area (Å²) in [4.78, 5) is 13.6. The van der Waals surface area contributed by atoms with Gasteiger partial charge in [0.1, 0.15) is 11.6 Å². The van der Waals surface area contributed by atoms with E-state index in [9.17, 15) is 13.6 Å². The average Bonchev–Trinajstić information content (AvgIpc) is 3.04. The molecule has 1 heterocycles. The Balaban J connectivity index is 1.44. The van der Waals surface area contributed by atoms with Gasteiger partial charge < -0.3 is 10.6 Å².